The summed E-state index contributed by atoms with van der Waals surface area (Å²) in [5.41, 5.74) is 2.99. The summed E-state index contributed by atoms with van der Waals surface area (Å²) in [5.74, 6) is -0.375. The van der Waals surface area contributed by atoms with Gasteiger partial charge in [0.1, 0.15) is 5.69 Å². The molecule has 218 valence electrons. The number of nitrogens with zero attached hydrogens (tertiary/aromatic N) is 4. The quantitative estimate of drug-likeness (QED) is 0.168. The molecule has 0 fully saturated rings. The van der Waals surface area contributed by atoms with Crippen molar-refractivity contribution in [1.29, 1.82) is 0 Å². The Balaban J connectivity index is 1.68. The van der Waals surface area contributed by atoms with Crippen molar-refractivity contribution in [3.8, 4) is 0 Å². The van der Waals surface area contributed by atoms with Gasteiger partial charge in [-0.25, -0.2) is 4.99 Å². The number of hydrazone groups is 1. The molecule has 0 saturated heterocycles. The summed E-state index contributed by atoms with van der Waals surface area (Å²) in [6.07, 6.45) is 15.5. The van der Waals surface area contributed by atoms with Crippen molar-refractivity contribution in [2.45, 2.75) is 97.8 Å². The van der Waals surface area contributed by atoms with Gasteiger partial charge >= 0.3 is 0 Å². The SMILES string of the molecule is CCCCCCCCN(CCCCCCCC)c1ccc(/N=C2\C(=O)N(c3c(Cl)cc(Cl)cc3Cl)N=C2C)cc1. The normalized spacial score (nSPS) is 14.3. The lowest BCUT2D eigenvalue weighted by Crippen LogP contribution is -2.27. The summed E-state index contributed by atoms with van der Waals surface area (Å²) < 4.78 is 0. The van der Waals surface area contributed by atoms with Gasteiger partial charge < -0.3 is 4.90 Å². The van der Waals surface area contributed by atoms with E-state index >= 15 is 0 Å². The van der Waals surface area contributed by atoms with E-state index < -0.39 is 0 Å². The molecule has 0 bridgehead atoms. The van der Waals surface area contributed by atoms with E-state index in [-0.39, 0.29) is 21.7 Å². The second-order valence-corrected chi connectivity index (χ2v) is 11.8. The predicted molar refractivity (Wildman–Crippen MR) is 175 cm³/mol. The first-order valence-electron chi connectivity index (χ1n) is 14.8. The lowest BCUT2D eigenvalue weighted by molar-refractivity contribution is -0.112. The number of carbonyl (C=O) groups excluding carboxylic acids is 1. The van der Waals surface area contributed by atoms with Crippen LogP contribution in [0.1, 0.15) is 97.8 Å². The minimum absolute atomic E-state index is 0.254. The smallest absolute Gasteiger partial charge is 0.299 e. The molecule has 0 radical (unpaired) electrons. The first-order valence-corrected chi connectivity index (χ1v) is 16.0. The molecular formula is C32H43Cl3N4O. The zero-order valence-corrected chi connectivity index (χ0v) is 26.5. The molecule has 0 spiro atoms. The van der Waals surface area contributed by atoms with Gasteiger partial charge in [-0.3, -0.25) is 4.79 Å². The lowest BCUT2D eigenvalue weighted by Gasteiger charge is -2.25. The molecule has 2 aromatic carbocycles. The average molecular weight is 606 g/mol. The van der Waals surface area contributed by atoms with Crippen LogP contribution < -0.4 is 9.91 Å². The maximum absolute atomic E-state index is 13.2. The number of hydrogen-bond acceptors (Lipinski definition) is 4. The number of anilines is 2. The van der Waals surface area contributed by atoms with Crippen LogP contribution in [0.2, 0.25) is 15.1 Å². The Kier molecular flexibility index (Phi) is 13.8. The standard InChI is InChI=1S/C32H43Cl3N4O/c1-4-6-8-10-12-14-20-38(21-15-13-11-9-7-5-2)27-18-16-26(17-19-27)36-30-24(3)37-39(32(30)40)31-28(34)22-25(33)23-29(31)35/h16-19,22-23H,4-15,20-21H2,1-3H3/b36-30-. The molecule has 8 heteroatoms. The highest BCUT2D eigenvalue weighted by Crippen LogP contribution is 2.38. The third-order valence-corrected chi connectivity index (χ3v) is 7.99. The minimum Gasteiger partial charge on any atom is -0.372 e. The average Bonchev–Trinajstić information content (AvgIpc) is 3.19. The minimum atomic E-state index is -0.375. The van der Waals surface area contributed by atoms with Gasteiger partial charge in [0, 0.05) is 23.8 Å². The maximum atomic E-state index is 13.2. The summed E-state index contributed by atoms with van der Waals surface area (Å²) in [5, 5.41) is 6.48. The van der Waals surface area contributed by atoms with Crippen LogP contribution in [0.3, 0.4) is 0 Å². The van der Waals surface area contributed by atoms with Crippen LogP contribution in [0.4, 0.5) is 17.1 Å². The third-order valence-electron chi connectivity index (χ3n) is 7.20. The third kappa shape index (κ3) is 9.49. The van der Waals surface area contributed by atoms with E-state index in [9.17, 15) is 4.79 Å². The second kappa shape index (κ2) is 17.0. The van der Waals surface area contributed by atoms with E-state index in [2.05, 4.69) is 41.0 Å². The van der Waals surface area contributed by atoms with E-state index in [1.807, 2.05) is 12.1 Å². The van der Waals surface area contributed by atoms with E-state index in [1.54, 1.807) is 19.1 Å². The maximum Gasteiger partial charge on any atom is 0.299 e. The van der Waals surface area contributed by atoms with Crippen LogP contribution in [-0.4, -0.2) is 30.4 Å². The highest BCUT2D eigenvalue weighted by atomic mass is 35.5. The highest BCUT2D eigenvalue weighted by molar-refractivity contribution is 6.71. The van der Waals surface area contributed by atoms with Crippen LogP contribution >= 0.6 is 34.8 Å². The van der Waals surface area contributed by atoms with Crippen molar-refractivity contribution in [2.24, 2.45) is 10.1 Å². The number of carbonyl (C=O) groups is 1. The number of rotatable bonds is 17. The van der Waals surface area contributed by atoms with E-state index in [4.69, 9.17) is 34.8 Å². The van der Waals surface area contributed by atoms with Crippen molar-refractivity contribution in [2.75, 3.05) is 23.0 Å². The summed E-state index contributed by atoms with van der Waals surface area (Å²) in [4.78, 5) is 20.4. The Morgan fingerprint density at radius 3 is 1.80 bits per heavy atom. The van der Waals surface area contributed by atoms with Crippen molar-refractivity contribution < 1.29 is 4.79 Å². The summed E-state index contributed by atoms with van der Waals surface area (Å²) in [6.45, 7) is 8.40. The number of amides is 1. The summed E-state index contributed by atoms with van der Waals surface area (Å²) >= 11 is 18.7. The number of unbranched alkanes of at least 4 members (excludes halogenated alkanes) is 10. The van der Waals surface area contributed by atoms with E-state index in [0.29, 0.717) is 22.1 Å². The summed E-state index contributed by atoms with van der Waals surface area (Å²) in [6, 6.07) is 11.3. The fourth-order valence-corrected chi connectivity index (χ4v) is 5.90. The van der Waals surface area contributed by atoms with Gasteiger partial charge in [-0.15, -0.1) is 0 Å². The molecule has 2 aromatic rings. The number of benzene rings is 2. The van der Waals surface area contributed by atoms with Crippen LogP contribution in [0, 0.1) is 0 Å². The zero-order valence-electron chi connectivity index (χ0n) is 24.2. The summed E-state index contributed by atoms with van der Waals surface area (Å²) in [7, 11) is 0. The van der Waals surface area contributed by atoms with Gasteiger partial charge in [-0.1, -0.05) is 113 Å². The Bertz CT molecular complexity index is 1120. The van der Waals surface area contributed by atoms with Crippen molar-refractivity contribution >= 4 is 69.2 Å². The molecule has 0 unspecified atom stereocenters. The molecule has 0 N–H and O–H groups in total. The van der Waals surface area contributed by atoms with Crippen LogP contribution in [0.5, 0.6) is 0 Å². The first kappa shape index (κ1) is 32.4. The topological polar surface area (TPSA) is 48.3 Å². The molecule has 40 heavy (non-hydrogen) atoms. The monoisotopic (exact) mass is 604 g/mol. The van der Waals surface area contributed by atoms with Gasteiger partial charge in [0.05, 0.1) is 21.4 Å². The Morgan fingerprint density at radius 2 is 1.27 bits per heavy atom. The Hall–Kier alpha value is -2.08. The Morgan fingerprint density at radius 1 is 0.775 bits per heavy atom. The molecule has 0 aliphatic carbocycles. The molecule has 1 heterocycles. The Labute approximate surface area is 255 Å². The second-order valence-electron chi connectivity index (χ2n) is 10.5. The first-order chi connectivity index (χ1) is 19.3. The van der Waals surface area contributed by atoms with E-state index in [0.717, 1.165) is 13.1 Å². The molecule has 0 aromatic heterocycles. The fourth-order valence-electron chi connectivity index (χ4n) is 4.92. The van der Waals surface area contributed by atoms with Crippen molar-refractivity contribution in [3.05, 3.63) is 51.5 Å². The lowest BCUT2D eigenvalue weighted by atomic mass is 10.1. The van der Waals surface area contributed by atoms with Gasteiger partial charge in [0.25, 0.3) is 5.91 Å². The van der Waals surface area contributed by atoms with Gasteiger partial charge in [-0.05, 0) is 56.2 Å². The van der Waals surface area contributed by atoms with E-state index in [1.165, 1.54) is 87.7 Å². The molecule has 0 atom stereocenters. The van der Waals surface area contributed by atoms with Crippen LogP contribution in [-0.2, 0) is 4.79 Å². The molecule has 1 aliphatic rings. The molecule has 0 saturated carbocycles. The van der Waals surface area contributed by atoms with Crippen LogP contribution in [0.15, 0.2) is 46.5 Å². The van der Waals surface area contributed by atoms with Crippen molar-refractivity contribution in [3.63, 3.8) is 0 Å². The fraction of sp³-hybridized carbons (Fsp3) is 0.531. The molecule has 1 amide bonds. The predicted octanol–water partition coefficient (Wildman–Crippen LogP) is 10.7. The molecule has 5 nitrogen and oxygen atoms in total. The molecule has 1 aliphatic heterocycles. The number of halogens is 3. The highest BCUT2D eigenvalue weighted by Gasteiger charge is 2.33. The largest absolute Gasteiger partial charge is 0.372 e. The zero-order chi connectivity index (χ0) is 28.9. The molecular weight excluding hydrogens is 563 g/mol. The van der Waals surface area contributed by atoms with Gasteiger partial charge in [0.15, 0.2) is 5.71 Å². The number of hydrogen-bond donors (Lipinski definition) is 0. The van der Waals surface area contributed by atoms with Gasteiger partial charge in [0.2, 0.25) is 0 Å². The van der Waals surface area contributed by atoms with Crippen molar-refractivity contribution in [1.82, 2.24) is 0 Å². The molecule has 3 rings (SSSR count). The van der Waals surface area contributed by atoms with Crippen LogP contribution in [0.25, 0.3) is 0 Å². The number of aliphatic imine (C=N–C) groups is 1. The van der Waals surface area contributed by atoms with Gasteiger partial charge in [-0.2, -0.15) is 10.1 Å².